The SMILES string of the molecule is Cc1ccc(NC(=O)C[C@H]2C[C@@H]3CC[C@@H]2C3)c(Br)c1. The molecule has 0 saturated heterocycles. The molecule has 3 heteroatoms. The summed E-state index contributed by atoms with van der Waals surface area (Å²) in [6.07, 6.45) is 6.07. The molecule has 0 unspecified atom stereocenters. The average molecular weight is 322 g/mol. The lowest BCUT2D eigenvalue weighted by Gasteiger charge is -2.21. The highest BCUT2D eigenvalue weighted by Gasteiger charge is 2.40. The molecule has 2 aliphatic carbocycles. The van der Waals surface area contributed by atoms with Gasteiger partial charge < -0.3 is 5.32 Å². The maximum absolute atomic E-state index is 12.1. The average Bonchev–Trinajstić information content (AvgIpc) is 2.95. The van der Waals surface area contributed by atoms with Gasteiger partial charge in [0, 0.05) is 10.9 Å². The molecule has 2 aliphatic rings. The molecule has 0 spiro atoms. The van der Waals surface area contributed by atoms with Gasteiger partial charge in [0.2, 0.25) is 5.91 Å². The number of carbonyl (C=O) groups excluding carboxylic acids is 1. The lowest BCUT2D eigenvalue weighted by molar-refractivity contribution is -0.117. The minimum Gasteiger partial charge on any atom is -0.325 e. The smallest absolute Gasteiger partial charge is 0.224 e. The highest BCUT2D eigenvalue weighted by Crippen LogP contribution is 2.49. The zero-order valence-corrected chi connectivity index (χ0v) is 12.9. The predicted molar refractivity (Wildman–Crippen MR) is 81.1 cm³/mol. The van der Waals surface area contributed by atoms with E-state index in [-0.39, 0.29) is 5.91 Å². The largest absolute Gasteiger partial charge is 0.325 e. The van der Waals surface area contributed by atoms with Crippen molar-refractivity contribution >= 4 is 27.5 Å². The van der Waals surface area contributed by atoms with Crippen LogP contribution in [0.25, 0.3) is 0 Å². The van der Waals surface area contributed by atoms with Gasteiger partial charge in [-0.25, -0.2) is 0 Å². The molecule has 0 heterocycles. The Labute approximate surface area is 123 Å². The number of aryl methyl sites for hydroxylation is 1. The van der Waals surface area contributed by atoms with Gasteiger partial charge in [0.15, 0.2) is 0 Å². The first-order chi connectivity index (χ1) is 9.11. The molecule has 2 saturated carbocycles. The van der Waals surface area contributed by atoms with Gasteiger partial charge in [-0.05, 0) is 77.6 Å². The third kappa shape index (κ3) is 2.86. The van der Waals surface area contributed by atoms with Gasteiger partial charge in [-0.2, -0.15) is 0 Å². The van der Waals surface area contributed by atoms with Crippen molar-refractivity contribution in [1.29, 1.82) is 0 Å². The quantitative estimate of drug-likeness (QED) is 0.871. The van der Waals surface area contributed by atoms with Gasteiger partial charge >= 0.3 is 0 Å². The number of benzene rings is 1. The molecule has 0 radical (unpaired) electrons. The van der Waals surface area contributed by atoms with E-state index < -0.39 is 0 Å². The van der Waals surface area contributed by atoms with Crippen LogP contribution >= 0.6 is 15.9 Å². The van der Waals surface area contributed by atoms with E-state index in [0.717, 1.165) is 22.0 Å². The Morgan fingerprint density at radius 3 is 2.84 bits per heavy atom. The summed E-state index contributed by atoms with van der Waals surface area (Å²) in [5.74, 6) is 2.52. The minimum atomic E-state index is 0.169. The fourth-order valence-electron chi connectivity index (χ4n) is 3.79. The fourth-order valence-corrected chi connectivity index (χ4v) is 4.38. The summed E-state index contributed by atoms with van der Waals surface area (Å²) in [4.78, 5) is 12.1. The molecule has 1 N–H and O–H groups in total. The maximum atomic E-state index is 12.1. The number of amides is 1. The molecule has 0 aromatic heterocycles. The molecular weight excluding hydrogens is 302 g/mol. The van der Waals surface area contributed by atoms with E-state index in [9.17, 15) is 4.79 Å². The van der Waals surface area contributed by atoms with Crippen LogP contribution in [-0.4, -0.2) is 5.91 Å². The molecular formula is C16H20BrNO. The summed E-state index contributed by atoms with van der Waals surface area (Å²) < 4.78 is 0.966. The first kappa shape index (κ1) is 13.2. The van der Waals surface area contributed by atoms with E-state index in [2.05, 4.69) is 21.2 Å². The van der Waals surface area contributed by atoms with Gasteiger partial charge in [0.25, 0.3) is 0 Å². The van der Waals surface area contributed by atoms with Crippen LogP contribution in [0.4, 0.5) is 5.69 Å². The van der Waals surface area contributed by atoms with E-state index in [1.54, 1.807) is 0 Å². The maximum Gasteiger partial charge on any atom is 0.224 e. The first-order valence-corrected chi connectivity index (χ1v) is 7.97. The number of hydrogen-bond donors (Lipinski definition) is 1. The molecule has 19 heavy (non-hydrogen) atoms. The molecule has 0 aliphatic heterocycles. The highest BCUT2D eigenvalue weighted by molar-refractivity contribution is 9.10. The van der Waals surface area contributed by atoms with Crippen molar-refractivity contribution in [2.45, 2.75) is 39.0 Å². The Bertz CT molecular complexity index is 500. The van der Waals surface area contributed by atoms with Crippen LogP contribution in [-0.2, 0) is 4.79 Å². The molecule has 2 fully saturated rings. The van der Waals surface area contributed by atoms with Crippen LogP contribution in [0.2, 0.25) is 0 Å². The molecule has 1 amide bonds. The molecule has 1 aromatic rings. The second-order valence-electron chi connectivity index (χ2n) is 6.17. The summed E-state index contributed by atoms with van der Waals surface area (Å²) in [5, 5.41) is 3.04. The van der Waals surface area contributed by atoms with E-state index >= 15 is 0 Å². The minimum absolute atomic E-state index is 0.169. The van der Waals surface area contributed by atoms with Crippen molar-refractivity contribution in [2.24, 2.45) is 17.8 Å². The molecule has 3 atom stereocenters. The van der Waals surface area contributed by atoms with Gasteiger partial charge in [-0.15, -0.1) is 0 Å². The Morgan fingerprint density at radius 1 is 1.37 bits per heavy atom. The third-order valence-electron chi connectivity index (χ3n) is 4.73. The summed E-state index contributed by atoms with van der Waals surface area (Å²) in [6.45, 7) is 2.05. The Kier molecular flexibility index (Phi) is 3.66. The second-order valence-corrected chi connectivity index (χ2v) is 7.02. The third-order valence-corrected chi connectivity index (χ3v) is 5.39. The molecule has 3 rings (SSSR count). The topological polar surface area (TPSA) is 29.1 Å². The number of hydrogen-bond acceptors (Lipinski definition) is 1. The normalized spacial score (nSPS) is 28.6. The molecule has 1 aromatic carbocycles. The van der Waals surface area contributed by atoms with Gasteiger partial charge in [0.1, 0.15) is 0 Å². The van der Waals surface area contributed by atoms with Crippen molar-refractivity contribution in [1.82, 2.24) is 0 Å². The zero-order chi connectivity index (χ0) is 13.4. The lowest BCUT2D eigenvalue weighted by Crippen LogP contribution is -2.20. The van der Waals surface area contributed by atoms with Gasteiger partial charge in [-0.3, -0.25) is 4.79 Å². The molecule has 102 valence electrons. The van der Waals surface area contributed by atoms with Crippen LogP contribution < -0.4 is 5.32 Å². The Morgan fingerprint density at radius 2 is 2.21 bits per heavy atom. The summed E-state index contributed by atoms with van der Waals surface area (Å²) >= 11 is 3.51. The number of halogens is 1. The molecule has 2 bridgehead atoms. The number of anilines is 1. The van der Waals surface area contributed by atoms with E-state index in [4.69, 9.17) is 0 Å². The van der Waals surface area contributed by atoms with Crippen LogP contribution in [0.1, 0.15) is 37.7 Å². The first-order valence-electron chi connectivity index (χ1n) is 7.18. The summed E-state index contributed by atoms with van der Waals surface area (Å²) in [5.41, 5.74) is 2.08. The van der Waals surface area contributed by atoms with Crippen LogP contribution in [0, 0.1) is 24.7 Å². The summed E-state index contributed by atoms with van der Waals surface area (Å²) in [6, 6.07) is 6.03. The van der Waals surface area contributed by atoms with Gasteiger partial charge in [-0.1, -0.05) is 12.5 Å². The van der Waals surface area contributed by atoms with Crippen molar-refractivity contribution in [3.05, 3.63) is 28.2 Å². The molecule has 2 nitrogen and oxygen atoms in total. The van der Waals surface area contributed by atoms with Crippen molar-refractivity contribution in [2.75, 3.05) is 5.32 Å². The highest BCUT2D eigenvalue weighted by atomic mass is 79.9. The number of nitrogens with one attached hydrogen (secondary N) is 1. The van der Waals surface area contributed by atoms with E-state index in [0.29, 0.717) is 12.3 Å². The monoisotopic (exact) mass is 321 g/mol. The number of carbonyl (C=O) groups is 1. The van der Waals surface area contributed by atoms with Gasteiger partial charge in [0.05, 0.1) is 5.69 Å². The van der Waals surface area contributed by atoms with Crippen LogP contribution in [0.15, 0.2) is 22.7 Å². The van der Waals surface area contributed by atoms with E-state index in [1.807, 2.05) is 25.1 Å². The van der Waals surface area contributed by atoms with E-state index in [1.165, 1.54) is 31.2 Å². The number of fused-ring (bicyclic) bond motifs is 2. The summed E-state index contributed by atoms with van der Waals surface area (Å²) in [7, 11) is 0. The Hall–Kier alpha value is -0.830. The fraction of sp³-hybridized carbons (Fsp3) is 0.562. The zero-order valence-electron chi connectivity index (χ0n) is 11.3. The van der Waals surface area contributed by atoms with Crippen LogP contribution in [0.3, 0.4) is 0 Å². The lowest BCUT2D eigenvalue weighted by atomic mass is 9.86. The van der Waals surface area contributed by atoms with Crippen molar-refractivity contribution in [3.63, 3.8) is 0 Å². The Balaban J connectivity index is 1.59. The number of rotatable bonds is 3. The second kappa shape index (κ2) is 5.28. The van der Waals surface area contributed by atoms with Crippen molar-refractivity contribution in [3.8, 4) is 0 Å². The van der Waals surface area contributed by atoms with Crippen LogP contribution in [0.5, 0.6) is 0 Å². The predicted octanol–water partition coefficient (Wildman–Crippen LogP) is 4.52. The standard InChI is InChI=1S/C16H20BrNO/c1-10-2-5-15(14(17)6-10)18-16(19)9-13-8-11-3-4-12(13)7-11/h2,5-6,11-13H,3-4,7-9H2,1H3,(H,18,19)/t11-,12-,13-/m1/s1. The van der Waals surface area contributed by atoms with Crippen molar-refractivity contribution < 1.29 is 4.79 Å².